The van der Waals surface area contributed by atoms with Gasteiger partial charge in [-0.1, -0.05) is 24.3 Å². The Balaban J connectivity index is 2.31. The molecular formula is C17H15NO3. The van der Waals surface area contributed by atoms with Crippen molar-refractivity contribution in [1.29, 1.82) is 5.26 Å². The molecule has 0 spiro atoms. The summed E-state index contributed by atoms with van der Waals surface area (Å²) in [7, 11) is 3.10. The van der Waals surface area contributed by atoms with E-state index >= 15 is 0 Å². The van der Waals surface area contributed by atoms with Gasteiger partial charge in [0.15, 0.2) is 5.78 Å². The van der Waals surface area contributed by atoms with Crippen molar-refractivity contribution in [3.63, 3.8) is 0 Å². The molecule has 0 saturated heterocycles. The fourth-order valence-electron chi connectivity index (χ4n) is 2.02. The van der Waals surface area contributed by atoms with Gasteiger partial charge in [-0.2, -0.15) is 5.26 Å². The second-order valence-electron chi connectivity index (χ2n) is 4.43. The molecule has 0 radical (unpaired) electrons. The Hall–Kier alpha value is -2.80. The summed E-state index contributed by atoms with van der Waals surface area (Å²) in [5.41, 5.74) is 1.10. The van der Waals surface area contributed by atoms with Gasteiger partial charge in [-0.05, 0) is 29.8 Å². The van der Waals surface area contributed by atoms with E-state index in [2.05, 4.69) is 6.07 Å². The largest absolute Gasteiger partial charge is 0.497 e. The van der Waals surface area contributed by atoms with Crippen LogP contribution in [0.2, 0.25) is 0 Å². The second kappa shape index (κ2) is 6.58. The first-order valence-electron chi connectivity index (χ1n) is 6.41. The van der Waals surface area contributed by atoms with Crippen LogP contribution in [0.3, 0.4) is 0 Å². The molecule has 1 unspecified atom stereocenters. The third-order valence-corrected chi connectivity index (χ3v) is 3.19. The van der Waals surface area contributed by atoms with Gasteiger partial charge in [0, 0.05) is 5.56 Å². The van der Waals surface area contributed by atoms with Crippen molar-refractivity contribution < 1.29 is 14.3 Å². The van der Waals surface area contributed by atoms with Gasteiger partial charge in [-0.3, -0.25) is 4.79 Å². The molecule has 0 fully saturated rings. The molecule has 0 aliphatic rings. The van der Waals surface area contributed by atoms with Crippen molar-refractivity contribution in [3.05, 3.63) is 59.7 Å². The quantitative estimate of drug-likeness (QED) is 0.790. The molecule has 4 heteroatoms. The predicted molar refractivity (Wildman–Crippen MR) is 78.7 cm³/mol. The SMILES string of the molecule is COc1ccc(C(C#N)C(=O)c2cccc(OC)c2)cc1. The van der Waals surface area contributed by atoms with Crippen LogP contribution in [0.4, 0.5) is 0 Å². The van der Waals surface area contributed by atoms with Gasteiger partial charge >= 0.3 is 0 Å². The number of benzene rings is 2. The van der Waals surface area contributed by atoms with Gasteiger partial charge in [0.05, 0.1) is 20.3 Å². The Bertz CT molecular complexity index is 671. The first kappa shape index (κ1) is 14.6. The zero-order valence-electron chi connectivity index (χ0n) is 11.9. The monoisotopic (exact) mass is 281 g/mol. The molecule has 0 aliphatic heterocycles. The van der Waals surface area contributed by atoms with E-state index in [4.69, 9.17) is 9.47 Å². The van der Waals surface area contributed by atoms with Crippen LogP contribution in [0.1, 0.15) is 21.8 Å². The molecule has 2 aromatic rings. The molecule has 4 nitrogen and oxygen atoms in total. The Morgan fingerprint density at radius 1 is 1.05 bits per heavy atom. The van der Waals surface area contributed by atoms with E-state index in [0.29, 0.717) is 22.6 Å². The first-order chi connectivity index (χ1) is 10.2. The number of nitriles is 1. The molecule has 21 heavy (non-hydrogen) atoms. The third kappa shape index (κ3) is 3.21. The molecule has 1 atom stereocenters. The zero-order valence-corrected chi connectivity index (χ0v) is 11.9. The van der Waals surface area contributed by atoms with E-state index in [1.54, 1.807) is 55.6 Å². The Morgan fingerprint density at radius 3 is 2.29 bits per heavy atom. The van der Waals surface area contributed by atoms with Crippen molar-refractivity contribution in [1.82, 2.24) is 0 Å². The van der Waals surface area contributed by atoms with Crippen molar-refractivity contribution in [2.75, 3.05) is 14.2 Å². The fraction of sp³-hybridized carbons (Fsp3) is 0.176. The number of ketones is 1. The third-order valence-electron chi connectivity index (χ3n) is 3.19. The van der Waals surface area contributed by atoms with Gasteiger partial charge in [-0.25, -0.2) is 0 Å². The molecular weight excluding hydrogens is 266 g/mol. The van der Waals surface area contributed by atoms with Crippen LogP contribution in [0.5, 0.6) is 11.5 Å². The lowest BCUT2D eigenvalue weighted by atomic mass is 9.92. The topological polar surface area (TPSA) is 59.3 Å². The summed E-state index contributed by atoms with van der Waals surface area (Å²) in [5, 5.41) is 9.33. The van der Waals surface area contributed by atoms with Crippen molar-refractivity contribution in [3.8, 4) is 17.6 Å². The first-order valence-corrected chi connectivity index (χ1v) is 6.41. The van der Waals surface area contributed by atoms with Gasteiger partial charge < -0.3 is 9.47 Å². The van der Waals surface area contributed by atoms with Gasteiger partial charge in [0.2, 0.25) is 0 Å². The second-order valence-corrected chi connectivity index (χ2v) is 4.43. The molecule has 106 valence electrons. The molecule has 0 aliphatic carbocycles. The standard InChI is InChI=1S/C17H15NO3/c1-20-14-8-6-12(7-9-14)16(11-18)17(19)13-4-3-5-15(10-13)21-2/h3-10,16H,1-2H3. The van der Waals surface area contributed by atoms with Crippen molar-refractivity contribution in [2.24, 2.45) is 0 Å². The summed E-state index contributed by atoms with van der Waals surface area (Å²) in [4.78, 5) is 12.5. The number of Topliss-reactive ketones (excluding diaryl/α,β-unsaturated/α-hetero) is 1. The summed E-state index contributed by atoms with van der Waals surface area (Å²) in [5.74, 6) is 0.182. The lowest BCUT2D eigenvalue weighted by Gasteiger charge is -2.10. The maximum Gasteiger partial charge on any atom is 0.184 e. The van der Waals surface area contributed by atoms with Gasteiger partial charge in [-0.15, -0.1) is 0 Å². The molecule has 0 aromatic heterocycles. The lowest BCUT2D eigenvalue weighted by Crippen LogP contribution is -2.11. The molecule has 2 rings (SSSR count). The molecule has 0 amide bonds. The van der Waals surface area contributed by atoms with Crippen LogP contribution >= 0.6 is 0 Å². The van der Waals surface area contributed by atoms with Crippen LogP contribution in [-0.2, 0) is 0 Å². The number of methoxy groups -OCH3 is 2. The van der Waals surface area contributed by atoms with Crippen LogP contribution in [0, 0.1) is 11.3 Å². The lowest BCUT2D eigenvalue weighted by molar-refractivity contribution is 0.0978. The molecule has 2 aromatic carbocycles. The summed E-state index contributed by atoms with van der Waals surface area (Å²) < 4.78 is 10.2. The van der Waals surface area contributed by atoms with E-state index in [9.17, 15) is 10.1 Å². The Kier molecular flexibility index (Phi) is 4.57. The van der Waals surface area contributed by atoms with Crippen molar-refractivity contribution in [2.45, 2.75) is 5.92 Å². The van der Waals surface area contributed by atoms with Gasteiger partial charge in [0.1, 0.15) is 17.4 Å². The van der Waals surface area contributed by atoms with E-state index in [1.165, 1.54) is 7.11 Å². The highest BCUT2D eigenvalue weighted by molar-refractivity contribution is 6.03. The predicted octanol–water partition coefficient (Wildman–Crippen LogP) is 3.19. The maximum atomic E-state index is 12.5. The number of hydrogen-bond donors (Lipinski definition) is 0. The average Bonchev–Trinajstić information content (AvgIpc) is 2.56. The van der Waals surface area contributed by atoms with Crippen molar-refractivity contribution >= 4 is 5.78 Å². The van der Waals surface area contributed by atoms with Crippen LogP contribution in [0.15, 0.2) is 48.5 Å². The summed E-state index contributed by atoms with van der Waals surface area (Å²) in [6.45, 7) is 0. The van der Waals surface area contributed by atoms with E-state index in [0.717, 1.165) is 0 Å². The maximum absolute atomic E-state index is 12.5. The summed E-state index contributed by atoms with van der Waals surface area (Å²) in [6.07, 6.45) is 0. The number of ether oxygens (including phenoxy) is 2. The minimum absolute atomic E-state index is 0.249. The smallest absolute Gasteiger partial charge is 0.184 e. The summed E-state index contributed by atoms with van der Waals surface area (Å²) in [6, 6.07) is 15.8. The minimum Gasteiger partial charge on any atom is -0.497 e. The number of carbonyl (C=O) groups is 1. The van der Waals surface area contributed by atoms with Crippen LogP contribution in [0.25, 0.3) is 0 Å². The minimum atomic E-state index is -0.844. The van der Waals surface area contributed by atoms with Crippen LogP contribution < -0.4 is 9.47 Å². The highest BCUT2D eigenvalue weighted by atomic mass is 16.5. The number of rotatable bonds is 5. The molecule has 0 bridgehead atoms. The number of hydrogen-bond acceptors (Lipinski definition) is 4. The number of carbonyl (C=O) groups excluding carboxylic acids is 1. The normalized spacial score (nSPS) is 11.3. The number of nitrogens with zero attached hydrogens (tertiary/aromatic N) is 1. The molecule has 0 heterocycles. The fourth-order valence-corrected chi connectivity index (χ4v) is 2.02. The highest BCUT2D eigenvalue weighted by Gasteiger charge is 2.22. The van der Waals surface area contributed by atoms with Crippen LogP contribution in [-0.4, -0.2) is 20.0 Å². The molecule has 0 saturated carbocycles. The molecule has 0 N–H and O–H groups in total. The van der Waals surface area contributed by atoms with E-state index < -0.39 is 5.92 Å². The van der Waals surface area contributed by atoms with Gasteiger partial charge in [0.25, 0.3) is 0 Å². The summed E-state index contributed by atoms with van der Waals surface area (Å²) >= 11 is 0. The average molecular weight is 281 g/mol. The Morgan fingerprint density at radius 2 is 1.71 bits per heavy atom. The highest BCUT2D eigenvalue weighted by Crippen LogP contribution is 2.24. The zero-order chi connectivity index (χ0) is 15.2. The van der Waals surface area contributed by atoms with E-state index in [1.807, 2.05) is 0 Å². The van der Waals surface area contributed by atoms with E-state index in [-0.39, 0.29) is 5.78 Å². The Labute approximate surface area is 123 Å².